The van der Waals surface area contributed by atoms with Gasteiger partial charge in [0.25, 0.3) is 5.91 Å². The number of aromatic amines is 1. The van der Waals surface area contributed by atoms with Gasteiger partial charge in [-0.25, -0.2) is 13.8 Å². The van der Waals surface area contributed by atoms with Gasteiger partial charge in [-0.3, -0.25) is 9.69 Å². The van der Waals surface area contributed by atoms with Crippen molar-refractivity contribution in [2.24, 2.45) is 0 Å². The monoisotopic (exact) mass is 341 g/mol. The maximum Gasteiger partial charge on any atom is 0.293 e. The summed E-state index contributed by atoms with van der Waals surface area (Å²) in [5, 5.41) is 10.1. The number of hydrogen-bond donors (Lipinski definition) is 2. The number of aliphatic hydroxyl groups is 1. The van der Waals surface area contributed by atoms with Crippen molar-refractivity contribution in [3.63, 3.8) is 0 Å². The number of imidazole rings is 1. The molecule has 0 aliphatic carbocycles. The zero-order valence-corrected chi connectivity index (χ0v) is 13.1. The lowest BCUT2D eigenvalue weighted by Crippen LogP contribution is -2.31. The van der Waals surface area contributed by atoms with Crippen molar-refractivity contribution in [3.8, 4) is 0 Å². The highest BCUT2D eigenvalue weighted by molar-refractivity contribution is 6.09. The highest BCUT2D eigenvalue weighted by Gasteiger charge is 2.41. The number of H-pyrrole nitrogens is 1. The second-order valence-corrected chi connectivity index (χ2v) is 5.85. The van der Waals surface area contributed by atoms with Crippen molar-refractivity contribution < 1.29 is 18.7 Å². The van der Waals surface area contributed by atoms with Crippen molar-refractivity contribution >= 4 is 22.6 Å². The van der Waals surface area contributed by atoms with Crippen LogP contribution in [0.4, 0.5) is 14.5 Å². The van der Waals surface area contributed by atoms with E-state index in [0.29, 0.717) is 16.7 Å². The lowest BCUT2D eigenvalue weighted by molar-refractivity contribution is -0.117. The Kier molecular flexibility index (Phi) is 3.31. The van der Waals surface area contributed by atoms with Gasteiger partial charge in [0.15, 0.2) is 5.76 Å². The third-order valence-corrected chi connectivity index (χ3v) is 4.42. The molecule has 0 fully saturated rings. The van der Waals surface area contributed by atoms with E-state index in [1.165, 1.54) is 24.2 Å². The predicted octanol–water partition coefficient (Wildman–Crippen LogP) is 3.76. The molecule has 4 rings (SSSR count). The van der Waals surface area contributed by atoms with E-state index in [0.717, 1.165) is 12.1 Å². The maximum atomic E-state index is 14.3. The number of halogens is 2. The molecule has 1 aliphatic rings. The Labute approximate surface area is 141 Å². The molecule has 0 saturated heterocycles. The number of nitrogens with zero attached hydrogens (tertiary/aromatic N) is 2. The zero-order chi connectivity index (χ0) is 17.7. The van der Waals surface area contributed by atoms with Crippen LogP contribution in [-0.2, 0) is 4.79 Å². The van der Waals surface area contributed by atoms with Crippen molar-refractivity contribution in [3.05, 3.63) is 71.3 Å². The summed E-state index contributed by atoms with van der Waals surface area (Å²) in [6, 6.07) is 7.41. The Balaban J connectivity index is 1.91. The van der Waals surface area contributed by atoms with Gasteiger partial charge in [-0.05, 0) is 37.3 Å². The summed E-state index contributed by atoms with van der Waals surface area (Å²) in [6.45, 7) is 1.48. The fourth-order valence-corrected chi connectivity index (χ4v) is 3.18. The standard InChI is InChI=1S/C18H13F2N3O2/c1-9-16(15-11(19)3-2-4-12(15)20)23(18(25)17(9)24)10-5-6-13-14(7-10)22-8-21-13/h2-8,16,24H,1H3,(H,21,22). The number of rotatable bonds is 2. The Morgan fingerprint density at radius 2 is 1.92 bits per heavy atom. The second-order valence-electron chi connectivity index (χ2n) is 5.85. The van der Waals surface area contributed by atoms with E-state index < -0.39 is 29.3 Å². The molecular formula is C18H13F2N3O2. The first-order valence-corrected chi connectivity index (χ1v) is 7.59. The number of benzene rings is 2. The molecule has 3 aromatic rings. The minimum Gasteiger partial charge on any atom is -0.503 e. The number of aromatic nitrogens is 2. The van der Waals surface area contributed by atoms with Crippen LogP contribution in [0.25, 0.3) is 11.0 Å². The smallest absolute Gasteiger partial charge is 0.293 e. The Hall–Kier alpha value is -3.22. The summed E-state index contributed by atoms with van der Waals surface area (Å²) in [5.74, 6) is -2.76. The van der Waals surface area contributed by atoms with Gasteiger partial charge < -0.3 is 10.1 Å². The van der Waals surface area contributed by atoms with E-state index in [9.17, 15) is 18.7 Å². The summed E-state index contributed by atoms with van der Waals surface area (Å²) < 4.78 is 28.6. The van der Waals surface area contributed by atoms with Crippen LogP contribution in [0.15, 0.2) is 54.1 Å². The molecule has 1 atom stereocenters. The fraction of sp³-hybridized carbons (Fsp3) is 0.111. The summed E-state index contributed by atoms with van der Waals surface area (Å²) in [5.41, 5.74) is 1.68. The first-order chi connectivity index (χ1) is 12.0. The van der Waals surface area contributed by atoms with E-state index in [-0.39, 0.29) is 11.1 Å². The summed E-state index contributed by atoms with van der Waals surface area (Å²) in [4.78, 5) is 20.8. The van der Waals surface area contributed by atoms with E-state index in [1.807, 2.05) is 0 Å². The molecule has 2 aromatic carbocycles. The first kappa shape index (κ1) is 15.3. The average molecular weight is 341 g/mol. The quantitative estimate of drug-likeness (QED) is 0.746. The summed E-state index contributed by atoms with van der Waals surface area (Å²) in [6.07, 6.45) is 1.51. The third kappa shape index (κ3) is 2.20. The van der Waals surface area contributed by atoms with Crippen molar-refractivity contribution in [1.82, 2.24) is 9.97 Å². The number of carbonyl (C=O) groups excluding carboxylic acids is 1. The third-order valence-electron chi connectivity index (χ3n) is 4.42. The van der Waals surface area contributed by atoms with Crippen molar-refractivity contribution in [1.29, 1.82) is 0 Å². The zero-order valence-electron chi connectivity index (χ0n) is 13.1. The molecule has 0 saturated carbocycles. The maximum absolute atomic E-state index is 14.3. The predicted molar refractivity (Wildman–Crippen MR) is 88.0 cm³/mol. The van der Waals surface area contributed by atoms with Crippen LogP contribution in [0.3, 0.4) is 0 Å². The molecule has 126 valence electrons. The SMILES string of the molecule is CC1=C(O)C(=O)N(c2ccc3nc[nH]c3c2)C1c1c(F)cccc1F. The molecule has 25 heavy (non-hydrogen) atoms. The number of nitrogens with one attached hydrogen (secondary N) is 1. The molecule has 1 aliphatic heterocycles. The van der Waals surface area contributed by atoms with Crippen LogP contribution in [0.1, 0.15) is 18.5 Å². The summed E-state index contributed by atoms with van der Waals surface area (Å²) in [7, 11) is 0. The van der Waals surface area contributed by atoms with Gasteiger partial charge in [-0.1, -0.05) is 6.07 Å². The van der Waals surface area contributed by atoms with Gasteiger partial charge in [0.1, 0.15) is 11.6 Å². The highest BCUT2D eigenvalue weighted by atomic mass is 19.1. The molecule has 0 bridgehead atoms. The van der Waals surface area contributed by atoms with Crippen LogP contribution in [0.5, 0.6) is 0 Å². The molecular weight excluding hydrogens is 328 g/mol. The number of aliphatic hydroxyl groups excluding tert-OH is 1. The number of anilines is 1. The lowest BCUT2D eigenvalue weighted by Gasteiger charge is -2.27. The van der Waals surface area contributed by atoms with Crippen LogP contribution in [0.2, 0.25) is 0 Å². The van der Waals surface area contributed by atoms with Gasteiger partial charge >= 0.3 is 0 Å². The van der Waals surface area contributed by atoms with Crippen LogP contribution in [-0.4, -0.2) is 21.0 Å². The van der Waals surface area contributed by atoms with E-state index in [2.05, 4.69) is 9.97 Å². The van der Waals surface area contributed by atoms with E-state index >= 15 is 0 Å². The van der Waals surface area contributed by atoms with Gasteiger partial charge in [-0.2, -0.15) is 0 Å². The van der Waals surface area contributed by atoms with Gasteiger partial charge in [0, 0.05) is 11.3 Å². The fourth-order valence-electron chi connectivity index (χ4n) is 3.18. The average Bonchev–Trinajstić information content (AvgIpc) is 3.14. The molecule has 1 unspecified atom stereocenters. The Morgan fingerprint density at radius 3 is 2.64 bits per heavy atom. The minimum atomic E-state index is -1.06. The molecule has 1 aromatic heterocycles. The first-order valence-electron chi connectivity index (χ1n) is 7.59. The van der Waals surface area contributed by atoms with Crippen LogP contribution in [0, 0.1) is 11.6 Å². The number of hydrogen-bond acceptors (Lipinski definition) is 3. The highest BCUT2D eigenvalue weighted by Crippen LogP contribution is 2.42. The Morgan fingerprint density at radius 1 is 1.20 bits per heavy atom. The number of fused-ring (bicyclic) bond motifs is 1. The molecule has 1 amide bonds. The van der Waals surface area contributed by atoms with Crippen LogP contribution < -0.4 is 4.90 Å². The van der Waals surface area contributed by atoms with Gasteiger partial charge in [-0.15, -0.1) is 0 Å². The van der Waals surface area contributed by atoms with Crippen LogP contribution >= 0.6 is 0 Å². The number of amides is 1. The number of carbonyl (C=O) groups is 1. The van der Waals surface area contributed by atoms with Gasteiger partial charge in [0.05, 0.1) is 29.0 Å². The molecule has 7 heteroatoms. The molecule has 0 spiro atoms. The molecule has 2 heterocycles. The van der Waals surface area contributed by atoms with E-state index in [1.54, 1.807) is 18.2 Å². The molecule has 2 N–H and O–H groups in total. The lowest BCUT2D eigenvalue weighted by atomic mass is 9.99. The van der Waals surface area contributed by atoms with Crippen molar-refractivity contribution in [2.75, 3.05) is 4.90 Å². The van der Waals surface area contributed by atoms with Gasteiger partial charge in [0.2, 0.25) is 0 Å². The second kappa shape index (κ2) is 5.41. The topological polar surface area (TPSA) is 69.2 Å². The molecule has 0 radical (unpaired) electrons. The van der Waals surface area contributed by atoms with Crippen molar-refractivity contribution in [2.45, 2.75) is 13.0 Å². The largest absolute Gasteiger partial charge is 0.503 e. The van der Waals surface area contributed by atoms with E-state index in [4.69, 9.17) is 0 Å². The molecule has 5 nitrogen and oxygen atoms in total. The summed E-state index contributed by atoms with van der Waals surface area (Å²) >= 11 is 0. The normalized spacial score (nSPS) is 17.8. The minimum absolute atomic E-state index is 0.193. The Bertz CT molecular complexity index is 1020.